The molecule has 29 heavy (non-hydrogen) atoms. The lowest BCUT2D eigenvalue weighted by atomic mass is 10.1. The van der Waals surface area contributed by atoms with E-state index in [0.29, 0.717) is 16.9 Å². The molecule has 1 fully saturated rings. The number of barbiturate groups is 1. The number of fused-ring (bicyclic) bond motifs is 1. The molecule has 0 saturated carbocycles. The predicted octanol–water partition coefficient (Wildman–Crippen LogP) is 3.28. The highest BCUT2D eigenvalue weighted by Crippen LogP contribution is 2.25. The Morgan fingerprint density at radius 3 is 2.38 bits per heavy atom. The van der Waals surface area contributed by atoms with E-state index in [1.807, 2.05) is 19.1 Å². The number of aromatic nitrogens is 1. The zero-order valence-corrected chi connectivity index (χ0v) is 15.8. The first kappa shape index (κ1) is 18.4. The van der Waals surface area contributed by atoms with Crippen molar-refractivity contribution in [1.29, 1.82) is 0 Å². The minimum Gasteiger partial charge on any atom is -0.281 e. The van der Waals surface area contributed by atoms with Gasteiger partial charge in [-0.1, -0.05) is 35.9 Å². The first-order chi connectivity index (χ1) is 13.9. The van der Waals surface area contributed by atoms with Crippen molar-refractivity contribution >= 4 is 46.4 Å². The second kappa shape index (κ2) is 6.87. The monoisotopic (exact) mass is 387 g/mol. The number of hydrogen-bond acceptors (Lipinski definition) is 4. The van der Waals surface area contributed by atoms with Gasteiger partial charge >= 0.3 is 6.03 Å². The fourth-order valence-corrected chi connectivity index (χ4v) is 3.37. The number of rotatable bonds is 2. The van der Waals surface area contributed by atoms with Gasteiger partial charge in [0.15, 0.2) is 0 Å². The smallest absolute Gasteiger partial charge is 0.281 e. The molecule has 0 atom stereocenters. The van der Waals surface area contributed by atoms with Gasteiger partial charge in [0, 0.05) is 12.3 Å². The maximum atomic E-state index is 13.0. The molecule has 144 valence electrons. The highest BCUT2D eigenvalue weighted by molar-refractivity contribution is 6.39. The van der Waals surface area contributed by atoms with Crippen LogP contribution in [0.1, 0.15) is 23.0 Å². The van der Waals surface area contributed by atoms with Crippen molar-refractivity contribution < 1.29 is 19.2 Å². The Morgan fingerprint density at radius 2 is 1.69 bits per heavy atom. The van der Waals surface area contributed by atoms with Crippen molar-refractivity contribution in [1.82, 2.24) is 9.88 Å². The van der Waals surface area contributed by atoms with Crippen molar-refractivity contribution in [3.8, 4) is 0 Å². The molecule has 1 N–H and O–H groups in total. The van der Waals surface area contributed by atoms with Gasteiger partial charge in [-0.3, -0.25) is 24.3 Å². The first-order valence-electron chi connectivity index (χ1n) is 8.96. The van der Waals surface area contributed by atoms with Gasteiger partial charge in [0.1, 0.15) is 5.57 Å². The van der Waals surface area contributed by atoms with Crippen molar-refractivity contribution in [2.45, 2.75) is 13.8 Å². The summed E-state index contributed by atoms with van der Waals surface area (Å²) in [5.74, 6) is -1.81. The molecule has 4 amide bonds. The van der Waals surface area contributed by atoms with Crippen molar-refractivity contribution in [3.63, 3.8) is 0 Å². The summed E-state index contributed by atoms with van der Waals surface area (Å²) in [5, 5.41) is 2.99. The summed E-state index contributed by atoms with van der Waals surface area (Å²) in [4.78, 5) is 50.8. The van der Waals surface area contributed by atoms with Crippen LogP contribution in [-0.2, 0) is 9.59 Å². The molecule has 1 aliphatic rings. The highest BCUT2D eigenvalue weighted by Gasteiger charge is 2.37. The first-order valence-corrected chi connectivity index (χ1v) is 8.96. The number of hydrogen-bond donors (Lipinski definition) is 1. The summed E-state index contributed by atoms with van der Waals surface area (Å²) in [5.41, 5.74) is 2.15. The molecule has 0 spiro atoms. The van der Waals surface area contributed by atoms with Crippen molar-refractivity contribution in [2.75, 3.05) is 4.90 Å². The van der Waals surface area contributed by atoms with E-state index in [4.69, 9.17) is 0 Å². The summed E-state index contributed by atoms with van der Waals surface area (Å²) in [6.07, 6.45) is 1.34. The largest absolute Gasteiger partial charge is 0.335 e. The van der Waals surface area contributed by atoms with Gasteiger partial charge in [-0.25, -0.2) is 9.69 Å². The standard InChI is InChI=1S/C22H17N3O4/c1-13-7-9-16(10-8-13)25-21(28)18(20(27)23-22(25)29)12-17-11-15-5-3-4-6-19(15)24(17)14(2)26/h3-12H,1-2H3,(H,23,27,29)/b18-12+. The van der Waals surface area contributed by atoms with Gasteiger partial charge < -0.3 is 0 Å². The lowest BCUT2D eigenvalue weighted by molar-refractivity contribution is -0.122. The third-order valence-electron chi connectivity index (χ3n) is 4.74. The number of benzene rings is 2. The average Bonchev–Trinajstić information content (AvgIpc) is 3.04. The third-order valence-corrected chi connectivity index (χ3v) is 4.74. The number of amides is 4. The highest BCUT2D eigenvalue weighted by atomic mass is 16.2. The van der Waals surface area contributed by atoms with Crippen LogP contribution in [0.25, 0.3) is 17.0 Å². The van der Waals surface area contributed by atoms with E-state index in [1.165, 1.54) is 17.6 Å². The number of carbonyl (C=O) groups excluding carboxylic acids is 4. The molecule has 7 nitrogen and oxygen atoms in total. The average molecular weight is 387 g/mol. The molecule has 0 radical (unpaired) electrons. The molecule has 3 aromatic rings. The number of nitrogens with zero attached hydrogens (tertiary/aromatic N) is 2. The predicted molar refractivity (Wildman–Crippen MR) is 108 cm³/mol. The number of nitrogens with one attached hydrogen (secondary N) is 1. The molecular weight excluding hydrogens is 370 g/mol. The number of aryl methyl sites for hydroxylation is 1. The van der Waals surface area contributed by atoms with Gasteiger partial charge in [-0.15, -0.1) is 0 Å². The van der Waals surface area contributed by atoms with Crippen LogP contribution in [0.4, 0.5) is 10.5 Å². The summed E-state index contributed by atoms with van der Waals surface area (Å²) >= 11 is 0. The molecule has 2 heterocycles. The van der Waals surface area contributed by atoms with Gasteiger partial charge in [0.05, 0.1) is 16.9 Å². The van der Waals surface area contributed by atoms with E-state index in [1.54, 1.807) is 42.5 Å². The summed E-state index contributed by atoms with van der Waals surface area (Å²) < 4.78 is 1.43. The fourth-order valence-electron chi connectivity index (χ4n) is 3.37. The maximum absolute atomic E-state index is 13.0. The van der Waals surface area contributed by atoms with Gasteiger partial charge in [0.2, 0.25) is 5.91 Å². The molecule has 2 aromatic carbocycles. The summed E-state index contributed by atoms with van der Waals surface area (Å²) in [7, 11) is 0. The van der Waals surface area contributed by atoms with E-state index >= 15 is 0 Å². The summed E-state index contributed by atoms with van der Waals surface area (Å²) in [6, 6.07) is 15.0. The number of para-hydroxylation sites is 1. The van der Waals surface area contributed by atoms with E-state index in [9.17, 15) is 19.2 Å². The Kier molecular flexibility index (Phi) is 4.35. The SMILES string of the molecule is CC(=O)n1c(/C=C2\C(=O)NC(=O)N(c3ccc(C)cc3)C2=O)cc2ccccc21. The number of imide groups is 2. The second-order valence-electron chi connectivity index (χ2n) is 6.78. The fraction of sp³-hybridized carbons (Fsp3) is 0.0909. The van der Waals surface area contributed by atoms with Crippen LogP contribution in [0.5, 0.6) is 0 Å². The number of anilines is 1. The Hall–Kier alpha value is -4.00. The second-order valence-corrected chi connectivity index (χ2v) is 6.78. The Labute approximate surface area is 166 Å². The van der Waals surface area contributed by atoms with Crippen LogP contribution >= 0.6 is 0 Å². The molecule has 0 bridgehead atoms. The van der Waals surface area contributed by atoms with Crippen molar-refractivity contribution in [3.05, 3.63) is 71.4 Å². The van der Waals surface area contributed by atoms with Crippen LogP contribution < -0.4 is 10.2 Å². The molecule has 7 heteroatoms. The lowest BCUT2D eigenvalue weighted by Gasteiger charge is -2.26. The van der Waals surface area contributed by atoms with Crippen LogP contribution in [-0.4, -0.2) is 28.3 Å². The van der Waals surface area contributed by atoms with Gasteiger partial charge in [0.25, 0.3) is 11.8 Å². The molecule has 0 unspecified atom stereocenters. The zero-order valence-electron chi connectivity index (χ0n) is 15.8. The minimum absolute atomic E-state index is 0.226. The van der Waals surface area contributed by atoms with E-state index in [2.05, 4.69) is 5.32 Å². The molecule has 1 aliphatic heterocycles. The summed E-state index contributed by atoms with van der Waals surface area (Å²) in [6.45, 7) is 3.29. The Morgan fingerprint density at radius 1 is 1.00 bits per heavy atom. The Balaban J connectivity index is 1.83. The molecular formula is C22H17N3O4. The Bertz CT molecular complexity index is 1220. The van der Waals surface area contributed by atoms with E-state index in [-0.39, 0.29) is 11.5 Å². The van der Waals surface area contributed by atoms with Crippen LogP contribution in [0, 0.1) is 6.92 Å². The molecule has 1 saturated heterocycles. The van der Waals surface area contributed by atoms with E-state index < -0.39 is 17.8 Å². The number of urea groups is 1. The number of carbonyl (C=O) groups is 4. The lowest BCUT2D eigenvalue weighted by Crippen LogP contribution is -2.54. The normalized spacial score (nSPS) is 15.9. The molecule has 1 aromatic heterocycles. The van der Waals surface area contributed by atoms with Gasteiger partial charge in [-0.05, 0) is 37.3 Å². The zero-order chi connectivity index (χ0) is 20.7. The molecule has 0 aliphatic carbocycles. The van der Waals surface area contributed by atoms with Crippen molar-refractivity contribution in [2.24, 2.45) is 0 Å². The molecule has 4 rings (SSSR count). The quantitative estimate of drug-likeness (QED) is 0.540. The minimum atomic E-state index is -0.812. The maximum Gasteiger partial charge on any atom is 0.335 e. The van der Waals surface area contributed by atoms with E-state index in [0.717, 1.165) is 15.8 Å². The van der Waals surface area contributed by atoms with Crippen LogP contribution in [0.3, 0.4) is 0 Å². The topological polar surface area (TPSA) is 88.5 Å². The third kappa shape index (κ3) is 3.12. The van der Waals surface area contributed by atoms with Gasteiger partial charge in [-0.2, -0.15) is 0 Å². The van der Waals surface area contributed by atoms with Crippen LogP contribution in [0.15, 0.2) is 60.2 Å². The van der Waals surface area contributed by atoms with Crippen LogP contribution in [0.2, 0.25) is 0 Å².